The van der Waals surface area contributed by atoms with E-state index in [1.807, 2.05) is 35.2 Å². The van der Waals surface area contributed by atoms with Gasteiger partial charge in [-0.1, -0.05) is 30.3 Å². The van der Waals surface area contributed by atoms with Crippen molar-refractivity contribution in [1.82, 2.24) is 25.7 Å². The van der Waals surface area contributed by atoms with E-state index in [2.05, 4.69) is 20.8 Å². The molecule has 1 fully saturated rings. The van der Waals surface area contributed by atoms with Gasteiger partial charge in [-0.25, -0.2) is 4.79 Å². The highest BCUT2D eigenvalue weighted by Crippen LogP contribution is 2.18. The Morgan fingerprint density at radius 2 is 2.12 bits per heavy atom. The average Bonchev–Trinajstić information content (AvgIpc) is 3.25. The number of hydrogen-bond donors (Lipinski definition) is 3. The molecular weight excluding hydrogens is 306 g/mol. The molecule has 1 aromatic carbocycles. The Balaban J connectivity index is 1.63. The molecule has 2 aromatic rings. The highest BCUT2D eigenvalue weighted by Gasteiger charge is 2.25. The van der Waals surface area contributed by atoms with Crippen LogP contribution in [0.5, 0.6) is 0 Å². The summed E-state index contributed by atoms with van der Waals surface area (Å²) in [4.78, 5) is 25.9. The number of likely N-dealkylation sites (tertiary alicyclic amines) is 1. The summed E-state index contributed by atoms with van der Waals surface area (Å²) in [7, 11) is 0. The number of aromatic nitrogens is 2. The topological polar surface area (TPSA) is 90.1 Å². The van der Waals surface area contributed by atoms with Crippen molar-refractivity contribution in [3.63, 3.8) is 0 Å². The second-order valence-corrected chi connectivity index (χ2v) is 5.82. The summed E-state index contributed by atoms with van der Waals surface area (Å²) in [6, 6.07) is 11.0. The number of rotatable bonds is 6. The van der Waals surface area contributed by atoms with E-state index in [-0.39, 0.29) is 18.0 Å². The van der Waals surface area contributed by atoms with Crippen molar-refractivity contribution in [2.75, 3.05) is 13.1 Å². The fourth-order valence-corrected chi connectivity index (χ4v) is 2.81. The lowest BCUT2D eigenvalue weighted by molar-refractivity contribution is -0.128. The lowest BCUT2D eigenvalue weighted by Gasteiger charge is -2.25. The Bertz CT molecular complexity index is 672. The molecular formula is C17H21N5O2. The molecule has 7 heteroatoms. The average molecular weight is 327 g/mol. The molecule has 126 valence electrons. The van der Waals surface area contributed by atoms with Crippen molar-refractivity contribution >= 4 is 11.9 Å². The van der Waals surface area contributed by atoms with Crippen molar-refractivity contribution in [3.8, 4) is 0 Å². The van der Waals surface area contributed by atoms with Crippen LogP contribution >= 0.6 is 0 Å². The Labute approximate surface area is 140 Å². The zero-order valence-electron chi connectivity index (χ0n) is 13.4. The number of urea groups is 1. The van der Waals surface area contributed by atoms with Gasteiger partial charge in [-0.15, -0.1) is 0 Å². The van der Waals surface area contributed by atoms with Crippen molar-refractivity contribution in [3.05, 3.63) is 53.9 Å². The van der Waals surface area contributed by atoms with Crippen LogP contribution in [0.4, 0.5) is 4.79 Å². The third-order valence-electron chi connectivity index (χ3n) is 4.08. The summed E-state index contributed by atoms with van der Waals surface area (Å²) >= 11 is 0. The molecule has 0 aliphatic carbocycles. The maximum atomic E-state index is 12.2. The highest BCUT2D eigenvalue weighted by molar-refractivity contribution is 5.78. The number of nitrogens with zero attached hydrogens (tertiary/aromatic N) is 2. The van der Waals surface area contributed by atoms with Crippen LogP contribution in [-0.4, -0.2) is 40.1 Å². The van der Waals surface area contributed by atoms with Crippen LogP contribution in [0, 0.1) is 0 Å². The number of carbonyl (C=O) groups is 2. The van der Waals surface area contributed by atoms with E-state index in [4.69, 9.17) is 0 Å². The predicted molar refractivity (Wildman–Crippen MR) is 89.0 cm³/mol. The first-order chi connectivity index (χ1) is 11.7. The summed E-state index contributed by atoms with van der Waals surface area (Å²) in [5, 5.41) is 12.4. The first kappa shape index (κ1) is 16.0. The van der Waals surface area contributed by atoms with Crippen LogP contribution in [0.3, 0.4) is 0 Å². The maximum Gasteiger partial charge on any atom is 0.315 e. The van der Waals surface area contributed by atoms with Crippen molar-refractivity contribution in [2.24, 2.45) is 0 Å². The minimum absolute atomic E-state index is 0.149. The van der Waals surface area contributed by atoms with Crippen molar-refractivity contribution in [1.29, 1.82) is 0 Å². The third-order valence-corrected chi connectivity index (χ3v) is 4.08. The van der Waals surface area contributed by atoms with Gasteiger partial charge >= 0.3 is 6.03 Å². The standard InChI is InChI=1S/C17H21N5O2/c23-16-7-4-10-22(16)12-15(13-5-2-1-3-6-13)20-17(24)18-11-14-8-9-19-21-14/h1-3,5-6,8-9,15H,4,7,10-12H2,(H,19,21)(H2,18,20,24)/t15-/m1/s1. The van der Waals surface area contributed by atoms with E-state index in [1.54, 1.807) is 12.3 Å². The quantitative estimate of drug-likeness (QED) is 0.752. The first-order valence-corrected chi connectivity index (χ1v) is 8.08. The molecule has 3 N–H and O–H groups in total. The minimum Gasteiger partial charge on any atom is -0.340 e. The normalized spacial score (nSPS) is 15.3. The van der Waals surface area contributed by atoms with Gasteiger partial charge in [0.05, 0.1) is 18.3 Å². The van der Waals surface area contributed by atoms with E-state index in [0.717, 1.165) is 24.2 Å². The first-order valence-electron chi connectivity index (χ1n) is 8.08. The Kier molecular flexibility index (Phi) is 5.10. The van der Waals surface area contributed by atoms with E-state index >= 15 is 0 Å². The number of carbonyl (C=O) groups excluding carboxylic acids is 2. The summed E-state index contributed by atoms with van der Waals surface area (Å²) in [5.74, 6) is 0.149. The van der Waals surface area contributed by atoms with Gasteiger partial charge in [0, 0.05) is 25.7 Å². The second-order valence-electron chi connectivity index (χ2n) is 5.82. The molecule has 0 spiro atoms. The molecule has 0 unspecified atom stereocenters. The van der Waals surface area contributed by atoms with Crippen LogP contribution in [0.15, 0.2) is 42.6 Å². The van der Waals surface area contributed by atoms with E-state index in [1.165, 1.54) is 0 Å². The van der Waals surface area contributed by atoms with Crippen molar-refractivity contribution in [2.45, 2.75) is 25.4 Å². The minimum atomic E-state index is -0.273. The molecule has 1 saturated heterocycles. The SMILES string of the molecule is O=C(NCc1ccn[nH]1)N[C@H](CN1CCCC1=O)c1ccccc1. The second kappa shape index (κ2) is 7.63. The van der Waals surface area contributed by atoms with Gasteiger partial charge in [0.25, 0.3) is 0 Å². The van der Waals surface area contributed by atoms with E-state index in [0.29, 0.717) is 19.5 Å². The van der Waals surface area contributed by atoms with Crippen LogP contribution in [0.2, 0.25) is 0 Å². The molecule has 2 heterocycles. The van der Waals surface area contributed by atoms with Crippen LogP contribution in [-0.2, 0) is 11.3 Å². The molecule has 7 nitrogen and oxygen atoms in total. The smallest absolute Gasteiger partial charge is 0.315 e. The zero-order valence-corrected chi connectivity index (χ0v) is 13.4. The lowest BCUT2D eigenvalue weighted by atomic mass is 10.1. The molecule has 1 atom stereocenters. The number of benzene rings is 1. The summed E-state index contributed by atoms with van der Waals surface area (Å²) in [5.41, 5.74) is 1.81. The summed E-state index contributed by atoms with van der Waals surface area (Å²) in [6.45, 7) is 1.61. The zero-order chi connectivity index (χ0) is 16.8. The molecule has 24 heavy (non-hydrogen) atoms. The Hall–Kier alpha value is -2.83. The molecule has 1 aliphatic heterocycles. The van der Waals surface area contributed by atoms with E-state index < -0.39 is 0 Å². The fraction of sp³-hybridized carbons (Fsp3) is 0.353. The number of H-pyrrole nitrogens is 1. The number of hydrogen-bond acceptors (Lipinski definition) is 3. The Morgan fingerprint density at radius 1 is 1.29 bits per heavy atom. The monoisotopic (exact) mass is 327 g/mol. The highest BCUT2D eigenvalue weighted by atomic mass is 16.2. The van der Waals surface area contributed by atoms with Gasteiger partial charge in [-0.05, 0) is 18.1 Å². The number of nitrogens with one attached hydrogen (secondary N) is 3. The molecule has 3 rings (SSSR count). The third kappa shape index (κ3) is 4.13. The fourth-order valence-electron chi connectivity index (χ4n) is 2.81. The van der Waals surface area contributed by atoms with Crippen LogP contribution < -0.4 is 10.6 Å². The summed E-state index contributed by atoms with van der Waals surface area (Å²) < 4.78 is 0. The van der Waals surface area contributed by atoms with Crippen LogP contribution in [0.1, 0.15) is 30.1 Å². The molecule has 3 amide bonds. The van der Waals surface area contributed by atoms with Gasteiger partial charge in [-0.3, -0.25) is 9.89 Å². The van der Waals surface area contributed by atoms with Gasteiger partial charge in [0.1, 0.15) is 0 Å². The predicted octanol–water partition coefficient (Wildman–Crippen LogP) is 1.57. The molecule has 0 saturated carbocycles. The summed E-state index contributed by atoms with van der Waals surface area (Å²) in [6.07, 6.45) is 3.11. The van der Waals surface area contributed by atoms with E-state index in [9.17, 15) is 9.59 Å². The maximum absolute atomic E-state index is 12.2. The molecule has 1 aromatic heterocycles. The molecule has 1 aliphatic rings. The van der Waals surface area contributed by atoms with Gasteiger partial charge in [0.15, 0.2) is 0 Å². The van der Waals surface area contributed by atoms with Gasteiger partial charge < -0.3 is 15.5 Å². The van der Waals surface area contributed by atoms with Gasteiger partial charge in [0.2, 0.25) is 5.91 Å². The number of amides is 3. The lowest BCUT2D eigenvalue weighted by Crippen LogP contribution is -2.42. The molecule has 0 radical (unpaired) electrons. The van der Waals surface area contributed by atoms with Crippen LogP contribution in [0.25, 0.3) is 0 Å². The number of aromatic amines is 1. The van der Waals surface area contributed by atoms with Crippen molar-refractivity contribution < 1.29 is 9.59 Å². The largest absolute Gasteiger partial charge is 0.340 e. The Morgan fingerprint density at radius 3 is 2.79 bits per heavy atom. The molecule has 0 bridgehead atoms. The van der Waals surface area contributed by atoms with Gasteiger partial charge in [-0.2, -0.15) is 5.10 Å².